The first-order chi connectivity index (χ1) is 12.1. The van der Waals surface area contributed by atoms with Crippen molar-refractivity contribution < 1.29 is 14.3 Å². The van der Waals surface area contributed by atoms with Crippen molar-refractivity contribution in [3.63, 3.8) is 0 Å². The number of nitrogens with one attached hydrogen (secondary N) is 1. The average Bonchev–Trinajstić information content (AvgIpc) is 3.17. The normalized spacial score (nSPS) is 13.6. The molecule has 0 atom stereocenters. The van der Waals surface area contributed by atoms with Crippen LogP contribution < -0.4 is 10.1 Å². The highest BCUT2D eigenvalue weighted by Crippen LogP contribution is 2.31. The molecule has 2 aromatic carbocycles. The Morgan fingerprint density at radius 1 is 1.04 bits per heavy atom. The Bertz CT molecular complexity index is 759. The quantitative estimate of drug-likeness (QED) is 0.890. The lowest BCUT2D eigenvalue weighted by atomic mass is 10.2. The van der Waals surface area contributed by atoms with E-state index in [1.165, 1.54) is 0 Å². The highest BCUT2D eigenvalue weighted by atomic mass is 35.5. The van der Waals surface area contributed by atoms with E-state index in [0.717, 1.165) is 25.9 Å². The fourth-order valence-corrected chi connectivity index (χ4v) is 2.96. The standard InChI is InChI=1S/C19H19ClN2O3/c20-18-15(19(24)21-13-17(23)22-11-4-5-12-22)9-6-10-16(18)25-14-7-2-1-3-8-14/h1-3,6-10H,4-5,11-13H2,(H,21,24). The zero-order chi connectivity index (χ0) is 17.6. The molecule has 25 heavy (non-hydrogen) atoms. The Morgan fingerprint density at radius 3 is 2.48 bits per heavy atom. The molecule has 130 valence electrons. The zero-order valence-electron chi connectivity index (χ0n) is 13.7. The number of carbonyl (C=O) groups excluding carboxylic acids is 2. The van der Waals surface area contributed by atoms with Crippen LogP contribution in [0.1, 0.15) is 23.2 Å². The van der Waals surface area contributed by atoms with Gasteiger partial charge in [-0.25, -0.2) is 0 Å². The number of benzene rings is 2. The van der Waals surface area contributed by atoms with E-state index in [1.54, 1.807) is 35.2 Å². The first-order valence-electron chi connectivity index (χ1n) is 8.22. The first kappa shape index (κ1) is 17.3. The Balaban J connectivity index is 1.66. The van der Waals surface area contributed by atoms with Gasteiger partial charge in [0.15, 0.2) is 0 Å². The number of hydrogen-bond donors (Lipinski definition) is 1. The highest BCUT2D eigenvalue weighted by Gasteiger charge is 2.20. The van der Waals surface area contributed by atoms with Gasteiger partial charge in [0.25, 0.3) is 5.91 Å². The number of likely N-dealkylation sites (tertiary alicyclic amines) is 1. The van der Waals surface area contributed by atoms with Crippen LogP contribution in [0, 0.1) is 0 Å². The number of halogens is 1. The molecule has 1 aliphatic heterocycles. The lowest BCUT2D eigenvalue weighted by molar-refractivity contribution is -0.129. The van der Waals surface area contributed by atoms with Gasteiger partial charge < -0.3 is 15.0 Å². The molecule has 1 heterocycles. The Morgan fingerprint density at radius 2 is 1.76 bits per heavy atom. The molecule has 3 rings (SSSR count). The lowest BCUT2D eigenvalue weighted by Crippen LogP contribution is -2.38. The van der Waals surface area contributed by atoms with E-state index >= 15 is 0 Å². The van der Waals surface area contributed by atoms with Crippen LogP contribution in [0.4, 0.5) is 0 Å². The molecule has 0 aliphatic carbocycles. The predicted octanol–water partition coefficient (Wildman–Crippen LogP) is 3.48. The van der Waals surface area contributed by atoms with Gasteiger partial charge in [-0.3, -0.25) is 9.59 Å². The summed E-state index contributed by atoms with van der Waals surface area (Å²) in [6, 6.07) is 14.2. The van der Waals surface area contributed by atoms with Crippen LogP contribution in [0.5, 0.6) is 11.5 Å². The van der Waals surface area contributed by atoms with Crippen molar-refractivity contribution >= 4 is 23.4 Å². The lowest BCUT2D eigenvalue weighted by Gasteiger charge is -2.16. The average molecular weight is 359 g/mol. The van der Waals surface area contributed by atoms with Gasteiger partial charge in [0, 0.05) is 13.1 Å². The smallest absolute Gasteiger partial charge is 0.253 e. The minimum atomic E-state index is -0.393. The molecule has 2 amide bonds. The van der Waals surface area contributed by atoms with E-state index in [1.807, 2.05) is 18.2 Å². The third-order valence-corrected chi connectivity index (χ3v) is 4.43. The molecule has 0 bridgehead atoms. The maximum Gasteiger partial charge on any atom is 0.253 e. The van der Waals surface area contributed by atoms with E-state index in [-0.39, 0.29) is 23.0 Å². The third kappa shape index (κ3) is 4.31. The van der Waals surface area contributed by atoms with Crippen molar-refractivity contribution in [1.29, 1.82) is 0 Å². The van der Waals surface area contributed by atoms with E-state index in [2.05, 4.69) is 5.32 Å². The second-order valence-corrected chi connectivity index (χ2v) is 6.18. The van der Waals surface area contributed by atoms with Crippen LogP contribution in [0.2, 0.25) is 5.02 Å². The summed E-state index contributed by atoms with van der Waals surface area (Å²) in [7, 11) is 0. The van der Waals surface area contributed by atoms with E-state index in [9.17, 15) is 9.59 Å². The molecule has 5 nitrogen and oxygen atoms in total. The topological polar surface area (TPSA) is 58.6 Å². The van der Waals surface area contributed by atoms with E-state index in [0.29, 0.717) is 11.5 Å². The molecule has 1 saturated heterocycles. The molecule has 0 unspecified atom stereocenters. The van der Waals surface area contributed by atoms with Crippen LogP contribution in [0.3, 0.4) is 0 Å². The summed E-state index contributed by atoms with van der Waals surface area (Å²) in [5, 5.41) is 2.86. The van der Waals surface area contributed by atoms with Crippen molar-refractivity contribution in [2.45, 2.75) is 12.8 Å². The summed E-state index contributed by atoms with van der Waals surface area (Å²) in [6.07, 6.45) is 2.04. The van der Waals surface area contributed by atoms with Gasteiger partial charge in [-0.2, -0.15) is 0 Å². The fraction of sp³-hybridized carbons (Fsp3) is 0.263. The van der Waals surface area contributed by atoms with Gasteiger partial charge in [0.05, 0.1) is 17.1 Å². The molecule has 0 saturated carbocycles. The molecular weight excluding hydrogens is 340 g/mol. The van der Waals surface area contributed by atoms with Crippen LogP contribution >= 0.6 is 11.6 Å². The van der Waals surface area contributed by atoms with Crippen LogP contribution in [-0.2, 0) is 4.79 Å². The minimum Gasteiger partial charge on any atom is -0.456 e. The Labute approximate surface area is 151 Å². The number of carbonyl (C=O) groups is 2. The Kier molecular flexibility index (Phi) is 5.56. The number of para-hydroxylation sites is 1. The minimum absolute atomic E-state index is 0.0288. The molecule has 2 aromatic rings. The summed E-state index contributed by atoms with van der Waals surface area (Å²) in [6.45, 7) is 1.49. The third-order valence-electron chi connectivity index (χ3n) is 4.04. The molecule has 0 spiro atoms. The van der Waals surface area contributed by atoms with Crippen LogP contribution in [0.25, 0.3) is 0 Å². The van der Waals surface area contributed by atoms with Gasteiger partial charge in [0.1, 0.15) is 11.5 Å². The van der Waals surface area contributed by atoms with Gasteiger partial charge in [-0.15, -0.1) is 0 Å². The summed E-state index contributed by atoms with van der Waals surface area (Å²) >= 11 is 6.31. The van der Waals surface area contributed by atoms with Crippen LogP contribution in [-0.4, -0.2) is 36.3 Å². The van der Waals surface area contributed by atoms with Gasteiger partial charge >= 0.3 is 0 Å². The molecule has 1 N–H and O–H groups in total. The second-order valence-electron chi connectivity index (χ2n) is 5.80. The zero-order valence-corrected chi connectivity index (χ0v) is 14.5. The maximum atomic E-state index is 12.4. The molecule has 0 aromatic heterocycles. The van der Waals surface area contributed by atoms with Crippen molar-refractivity contribution in [3.8, 4) is 11.5 Å². The van der Waals surface area contributed by atoms with Crippen LogP contribution in [0.15, 0.2) is 48.5 Å². The van der Waals surface area contributed by atoms with Crippen molar-refractivity contribution in [3.05, 3.63) is 59.1 Å². The molecule has 1 fully saturated rings. The number of amides is 2. The monoisotopic (exact) mass is 358 g/mol. The van der Waals surface area contributed by atoms with Gasteiger partial charge in [-0.05, 0) is 37.1 Å². The van der Waals surface area contributed by atoms with Crippen molar-refractivity contribution in [2.75, 3.05) is 19.6 Å². The van der Waals surface area contributed by atoms with Crippen molar-refractivity contribution in [2.24, 2.45) is 0 Å². The molecular formula is C19H19ClN2O3. The molecule has 0 radical (unpaired) electrons. The highest BCUT2D eigenvalue weighted by molar-refractivity contribution is 6.35. The molecule has 6 heteroatoms. The molecule has 1 aliphatic rings. The summed E-state index contributed by atoms with van der Waals surface area (Å²) in [5.41, 5.74) is 0.282. The number of hydrogen-bond acceptors (Lipinski definition) is 3. The largest absolute Gasteiger partial charge is 0.456 e. The fourth-order valence-electron chi connectivity index (χ4n) is 2.71. The van der Waals surface area contributed by atoms with E-state index in [4.69, 9.17) is 16.3 Å². The van der Waals surface area contributed by atoms with Gasteiger partial charge in [0.2, 0.25) is 5.91 Å². The summed E-state index contributed by atoms with van der Waals surface area (Å²) < 4.78 is 5.72. The van der Waals surface area contributed by atoms with Gasteiger partial charge in [-0.1, -0.05) is 35.9 Å². The van der Waals surface area contributed by atoms with E-state index < -0.39 is 5.91 Å². The number of rotatable bonds is 5. The first-order valence-corrected chi connectivity index (χ1v) is 8.60. The number of nitrogens with zero attached hydrogens (tertiary/aromatic N) is 1. The summed E-state index contributed by atoms with van der Waals surface area (Å²) in [5.74, 6) is 0.562. The number of ether oxygens (including phenoxy) is 1. The maximum absolute atomic E-state index is 12.4. The summed E-state index contributed by atoms with van der Waals surface area (Å²) in [4.78, 5) is 26.2. The Hall–Kier alpha value is -2.53. The second kappa shape index (κ2) is 8.03. The van der Waals surface area contributed by atoms with Crippen molar-refractivity contribution in [1.82, 2.24) is 10.2 Å². The predicted molar refractivity (Wildman–Crippen MR) is 96.1 cm³/mol. The SMILES string of the molecule is O=C(NCC(=O)N1CCCC1)c1cccc(Oc2ccccc2)c1Cl.